The summed E-state index contributed by atoms with van der Waals surface area (Å²) in [5, 5.41) is 0. The molecule has 2 heterocycles. The smallest absolute Gasteiger partial charge is 0.237 e. The maximum atomic E-state index is 13.0. The van der Waals surface area contributed by atoms with Gasteiger partial charge in [0.25, 0.3) is 0 Å². The molecule has 6 nitrogen and oxygen atoms in total. The zero-order chi connectivity index (χ0) is 22.7. The van der Waals surface area contributed by atoms with Crippen LogP contribution in [0.3, 0.4) is 0 Å². The average Bonchev–Trinajstić information content (AvgIpc) is 2.81. The summed E-state index contributed by atoms with van der Waals surface area (Å²) in [6.45, 7) is 7.80. The van der Waals surface area contributed by atoms with E-state index in [1.807, 2.05) is 17.0 Å². The first-order chi connectivity index (χ1) is 15.5. The highest BCUT2D eigenvalue weighted by atomic mass is 16.5. The summed E-state index contributed by atoms with van der Waals surface area (Å²) in [5.41, 5.74) is 4.74. The van der Waals surface area contributed by atoms with Crippen LogP contribution in [0.5, 0.6) is 17.2 Å². The molecule has 0 aromatic heterocycles. The molecule has 2 aromatic rings. The van der Waals surface area contributed by atoms with Gasteiger partial charge in [-0.15, -0.1) is 0 Å². The van der Waals surface area contributed by atoms with Crippen LogP contribution in [0.1, 0.15) is 35.1 Å². The molecule has 1 amide bonds. The van der Waals surface area contributed by atoms with E-state index in [0.29, 0.717) is 18.8 Å². The largest absolute Gasteiger partial charge is 0.493 e. The molecular formula is C26H34N2O4. The molecule has 0 N–H and O–H groups in total. The molecule has 2 aromatic carbocycles. The fraction of sp³-hybridized carbons (Fsp3) is 0.500. The topological polar surface area (TPSA) is 51.2 Å². The van der Waals surface area contributed by atoms with Crippen molar-refractivity contribution in [3.8, 4) is 17.2 Å². The Morgan fingerprint density at radius 3 is 2.22 bits per heavy atom. The van der Waals surface area contributed by atoms with E-state index in [9.17, 15) is 4.79 Å². The van der Waals surface area contributed by atoms with Gasteiger partial charge in [0.05, 0.1) is 20.8 Å². The van der Waals surface area contributed by atoms with E-state index in [4.69, 9.17) is 14.2 Å². The van der Waals surface area contributed by atoms with Crippen molar-refractivity contribution >= 4 is 5.91 Å². The van der Waals surface area contributed by atoms with Gasteiger partial charge in [-0.25, -0.2) is 0 Å². The quantitative estimate of drug-likeness (QED) is 0.688. The monoisotopic (exact) mass is 438 g/mol. The number of methoxy groups -OCH3 is 2. The van der Waals surface area contributed by atoms with Crippen LogP contribution in [0.2, 0.25) is 0 Å². The second-order valence-electron chi connectivity index (χ2n) is 8.86. The highest BCUT2D eigenvalue weighted by Crippen LogP contribution is 2.33. The van der Waals surface area contributed by atoms with E-state index in [0.717, 1.165) is 56.0 Å². The summed E-state index contributed by atoms with van der Waals surface area (Å²) in [7, 11) is 3.29. The lowest BCUT2D eigenvalue weighted by atomic mass is 9.98. The number of ether oxygens (including phenoxy) is 3. The van der Waals surface area contributed by atoms with Gasteiger partial charge in [0.1, 0.15) is 11.9 Å². The van der Waals surface area contributed by atoms with Crippen molar-refractivity contribution in [1.29, 1.82) is 0 Å². The number of amides is 1. The number of hydrogen-bond donors (Lipinski definition) is 0. The lowest BCUT2D eigenvalue weighted by molar-refractivity contribution is -0.133. The minimum absolute atomic E-state index is 0.194. The van der Waals surface area contributed by atoms with Crippen LogP contribution in [0.25, 0.3) is 0 Å². The minimum atomic E-state index is 0.194. The number of piperidine rings is 1. The van der Waals surface area contributed by atoms with Crippen LogP contribution in [0.4, 0.5) is 0 Å². The van der Waals surface area contributed by atoms with Gasteiger partial charge in [0.2, 0.25) is 5.91 Å². The van der Waals surface area contributed by atoms with E-state index in [1.54, 1.807) is 14.2 Å². The van der Waals surface area contributed by atoms with Crippen LogP contribution in [-0.2, 0) is 17.8 Å². The standard InChI is InChI=1S/C26H34N2O4/c1-18-6-5-7-19(2)26(18)32-22-9-11-27(12-10-22)17-25(29)28-13-8-20-14-23(30-3)24(31-4)15-21(20)16-28/h5-7,14-15,22H,8-13,16-17H2,1-4H3. The van der Waals surface area contributed by atoms with Crippen molar-refractivity contribution in [3.05, 3.63) is 52.6 Å². The lowest BCUT2D eigenvalue weighted by Crippen LogP contribution is -2.46. The number of aryl methyl sites for hydroxylation is 2. The number of para-hydroxylation sites is 1. The summed E-state index contributed by atoms with van der Waals surface area (Å²) in [4.78, 5) is 17.2. The Bertz CT molecular complexity index is 946. The minimum Gasteiger partial charge on any atom is -0.493 e. The molecule has 2 aliphatic rings. The number of rotatable bonds is 6. The third-order valence-electron chi connectivity index (χ3n) is 6.66. The predicted octanol–water partition coefficient (Wildman–Crippen LogP) is 3.75. The number of fused-ring (bicyclic) bond motifs is 1. The van der Waals surface area contributed by atoms with Crippen LogP contribution in [0, 0.1) is 13.8 Å². The van der Waals surface area contributed by atoms with Crippen molar-refractivity contribution in [2.45, 2.75) is 45.8 Å². The number of hydrogen-bond acceptors (Lipinski definition) is 5. The Morgan fingerprint density at radius 2 is 1.59 bits per heavy atom. The zero-order valence-electron chi connectivity index (χ0n) is 19.6. The first-order valence-corrected chi connectivity index (χ1v) is 11.4. The fourth-order valence-electron chi connectivity index (χ4n) is 4.72. The number of nitrogens with zero attached hydrogens (tertiary/aromatic N) is 2. The van der Waals surface area contributed by atoms with E-state index in [-0.39, 0.29) is 12.0 Å². The van der Waals surface area contributed by atoms with E-state index >= 15 is 0 Å². The van der Waals surface area contributed by atoms with Crippen molar-refractivity contribution in [2.24, 2.45) is 0 Å². The van der Waals surface area contributed by atoms with Gasteiger partial charge in [0, 0.05) is 26.2 Å². The average molecular weight is 439 g/mol. The van der Waals surface area contributed by atoms with Crippen LogP contribution in [-0.4, -0.2) is 62.2 Å². The van der Waals surface area contributed by atoms with Gasteiger partial charge in [0.15, 0.2) is 11.5 Å². The maximum Gasteiger partial charge on any atom is 0.237 e. The first-order valence-electron chi connectivity index (χ1n) is 11.4. The second-order valence-corrected chi connectivity index (χ2v) is 8.86. The highest BCUT2D eigenvalue weighted by Gasteiger charge is 2.27. The Labute approximate surface area is 191 Å². The molecule has 1 fully saturated rings. The molecule has 0 spiro atoms. The van der Waals surface area contributed by atoms with Crippen molar-refractivity contribution < 1.29 is 19.0 Å². The number of carbonyl (C=O) groups excluding carboxylic acids is 1. The maximum absolute atomic E-state index is 13.0. The molecule has 4 rings (SSSR count). The molecule has 0 aliphatic carbocycles. The Kier molecular flexibility index (Phi) is 6.89. The van der Waals surface area contributed by atoms with Crippen LogP contribution < -0.4 is 14.2 Å². The molecule has 172 valence electrons. The molecule has 0 unspecified atom stereocenters. The second kappa shape index (κ2) is 9.82. The SMILES string of the molecule is COc1cc2c(cc1OC)CN(C(=O)CN1CCC(Oc3c(C)cccc3C)CC1)CC2. The molecule has 0 atom stereocenters. The molecule has 2 aliphatic heterocycles. The summed E-state index contributed by atoms with van der Waals surface area (Å²) in [6.07, 6.45) is 2.94. The molecule has 0 saturated carbocycles. The van der Waals surface area contributed by atoms with Gasteiger partial charge in [-0.05, 0) is 67.5 Å². The van der Waals surface area contributed by atoms with E-state index in [1.165, 1.54) is 16.7 Å². The number of likely N-dealkylation sites (tertiary alicyclic amines) is 1. The molecule has 0 bridgehead atoms. The predicted molar refractivity (Wildman–Crippen MR) is 125 cm³/mol. The Hall–Kier alpha value is -2.73. The van der Waals surface area contributed by atoms with Gasteiger partial charge >= 0.3 is 0 Å². The third kappa shape index (κ3) is 4.85. The summed E-state index contributed by atoms with van der Waals surface area (Å²) in [5.74, 6) is 2.67. The van der Waals surface area contributed by atoms with E-state index in [2.05, 4.69) is 36.9 Å². The number of carbonyl (C=O) groups is 1. The Morgan fingerprint density at radius 1 is 0.969 bits per heavy atom. The van der Waals surface area contributed by atoms with Gasteiger partial charge < -0.3 is 19.1 Å². The summed E-state index contributed by atoms with van der Waals surface area (Å²) < 4.78 is 17.2. The van der Waals surface area contributed by atoms with Crippen LogP contribution >= 0.6 is 0 Å². The first kappa shape index (κ1) is 22.5. The van der Waals surface area contributed by atoms with Gasteiger partial charge in [-0.3, -0.25) is 9.69 Å². The third-order valence-corrected chi connectivity index (χ3v) is 6.66. The van der Waals surface area contributed by atoms with Crippen LogP contribution in [0.15, 0.2) is 30.3 Å². The van der Waals surface area contributed by atoms with Crippen molar-refractivity contribution in [1.82, 2.24) is 9.80 Å². The lowest BCUT2D eigenvalue weighted by Gasteiger charge is -2.35. The molecule has 32 heavy (non-hydrogen) atoms. The van der Waals surface area contributed by atoms with Gasteiger partial charge in [-0.2, -0.15) is 0 Å². The molecular weight excluding hydrogens is 404 g/mol. The normalized spacial score (nSPS) is 17.1. The molecule has 1 saturated heterocycles. The summed E-state index contributed by atoms with van der Waals surface area (Å²) >= 11 is 0. The molecule has 0 radical (unpaired) electrons. The van der Waals surface area contributed by atoms with Gasteiger partial charge in [-0.1, -0.05) is 18.2 Å². The highest BCUT2D eigenvalue weighted by molar-refractivity contribution is 5.78. The number of benzene rings is 2. The molecule has 6 heteroatoms. The van der Waals surface area contributed by atoms with Crippen molar-refractivity contribution in [3.63, 3.8) is 0 Å². The fourth-order valence-corrected chi connectivity index (χ4v) is 4.72. The zero-order valence-corrected chi connectivity index (χ0v) is 19.6. The Balaban J connectivity index is 1.30. The van der Waals surface area contributed by atoms with Crippen molar-refractivity contribution in [2.75, 3.05) is 40.4 Å². The van der Waals surface area contributed by atoms with E-state index < -0.39 is 0 Å². The summed E-state index contributed by atoms with van der Waals surface area (Å²) in [6, 6.07) is 10.3.